The van der Waals surface area contributed by atoms with Crippen LogP contribution in [0.4, 0.5) is 0 Å². The Morgan fingerprint density at radius 1 is 1.40 bits per heavy atom. The Balaban J connectivity index is 2.69. The maximum absolute atomic E-state index is 3.77. The van der Waals surface area contributed by atoms with Crippen molar-refractivity contribution in [1.29, 1.82) is 0 Å². The summed E-state index contributed by atoms with van der Waals surface area (Å²) in [6, 6.07) is 0.560. The van der Waals surface area contributed by atoms with Gasteiger partial charge in [0.05, 0.1) is 0 Å². The van der Waals surface area contributed by atoms with Gasteiger partial charge in [0.1, 0.15) is 0 Å². The highest BCUT2D eigenvalue weighted by Gasteiger charge is 2.51. The van der Waals surface area contributed by atoms with Gasteiger partial charge < -0.3 is 5.32 Å². The van der Waals surface area contributed by atoms with Crippen molar-refractivity contribution < 1.29 is 0 Å². The van der Waals surface area contributed by atoms with Gasteiger partial charge in [0, 0.05) is 6.04 Å². The van der Waals surface area contributed by atoms with Crippen LogP contribution in [0.3, 0.4) is 0 Å². The lowest BCUT2D eigenvalue weighted by Gasteiger charge is -2.56. The van der Waals surface area contributed by atoms with Crippen molar-refractivity contribution in [3.63, 3.8) is 0 Å². The average Bonchev–Trinajstić information content (AvgIpc) is 2.44. The first-order valence-corrected chi connectivity index (χ1v) is 8.12. The molecule has 1 heteroatoms. The molecule has 0 spiro atoms. The van der Waals surface area contributed by atoms with Crippen LogP contribution in [0.5, 0.6) is 0 Å². The fourth-order valence-electron chi connectivity index (χ4n) is 3.85. The minimum atomic E-state index is 0.398. The Labute approximate surface area is 126 Å². The Kier molecular flexibility index (Phi) is 6.75. The number of allylic oxidation sites excluding steroid dienone is 4. The van der Waals surface area contributed by atoms with Crippen LogP contribution in [0.1, 0.15) is 47.0 Å². The molecule has 1 aliphatic rings. The third-order valence-corrected chi connectivity index (χ3v) is 5.27. The van der Waals surface area contributed by atoms with Crippen molar-refractivity contribution in [2.75, 3.05) is 7.05 Å². The second-order valence-electron chi connectivity index (χ2n) is 6.58. The minimum absolute atomic E-state index is 0.398. The first kappa shape index (κ1) is 17.2. The van der Waals surface area contributed by atoms with Gasteiger partial charge in [-0.3, -0.25) is 0 Å². The molecule has 1 aliphatic carbocycles. The minimum Gasteiger partial charge on any atom is -0.316 e. The molecule has 1 saturated carbocycles. The van der Waals surface area contributed by atoms with Gasteiger partial charge in [-0.25, -0.2) is 0 Å². The summed E-state index contributed by atoms with van der Waals surface area (Å²) >= 11 is 0. The van der Waals surface area contributed by atoms with Gasteiger partial charge >= 0.3 is 0 Å². The van der Waals surface area contributed by atoms with E-state index in [0.717, 1.165) is 24.7 Å². The highest BCUT2D eigenvalue weighted by molar-refractivity contribution is 5.12. The molecular weight excluding hydrogens is 242 g/mol. The van der Waals surface area contributed by atoms with E-state index in [1.165, 1.54) is 6.42 Å². The van der Waals surface area contributed by atoms with Crippen LogP contribution >= 0.6 is 0 Å². The second kappa shape index (κ2) is 7.83. The molecule has 0 aliphatic heterocycles. The van der Waals surface area contributed by atoms with E-state index in [1.54, 1.807) is 0 Å². The molecule has 114 valence electrons. The third kappa shape index (κ3) is 3.63. The van der Waals surface area contributed by atoms with Gasteiger partial charge in [-0.2, -0.15) is 0 Å². The summed E-state index contributed by atoms with van der Waals surface area (Å²) in [5.74, 6) is 2.06. The highest BCUT2D eigenvalue weighted by atomic mass is 14.9. The van der Waals surface area contributed by atoms with Crippen LogP contribution in [0.2, 0.25) is 0 Å². The fourth-order valence-corrected chi connectivity index (χ4v) is 3.85. The van der Waals surface area contributed by atoms with E-state index in [-0.39, 0.29) is 0 Å². The van der Waals surface area contributed by atoms with E-state index < -0.39 is 0 Å². The van der Waals surface area contributed by atoms with Crippen LogP contribution < -0.4 is 5.32 Å². The Hall–Kier alpha value is -0.820. The largest absolute Gasteiger partial charge is 0.316 e. The van der Waals surface area contributed by atoms with E-state index in [0.29, 0.717) is 17.4 Å². The molecule has 5 atom stereocenters. The van der Waals surface area contributed by atoms with Gasteiger partial charge in [-0.15, -0.1) is 6.58 Å². The lowest BCUT2D eigenvalue weighted by molar-refractivity contribution is -0.0322. The molecule has 0 amide bonds. The summed E-state index contributed by atoms with van der Waals surface area (Å²) in [4.78, 5) is 0. The first-order chi connectivity index (χ1) is 9.51. The van der Waals surface area contributed by atoms with Gasteiger partial charge in [0.25, 0.3) is 0 Å². The van der Waals surface area contributed by atoms with Crippen LogP contribution in [0.15, 0.2) is 37.0 Å². The van der Waals surface area contributed by atoms with Crippen molar-refractivity contribution >= 4 is 0 Å². The van der Waals surface area contributed by atoms with E-state index in [1.807, 2.05) is 6.08 Å². The fraction of sp³-hybridized carbons (Fsp3) is 0.684. The van der Waals surface area contributed by atoms with E-state index in [9.17, 15) is 0 Å². The summed E-state index contributed by atoms with van der Waals surface area (Å²) in [5.41, 5.74) is 0.398. The van der Waals surface area contributed by atoms with Gasteiger partial charge in [0.15, 0.2) is 0 Å². The SMILES string of the molecule is C=CC/C=C/C1CC(C)([C@@H](NC)C(C)/C=C/CC)C1C. The number of hydrogen-bond donors (Lipinski definition) is 1. The van der Waals surface area contributed by atoms with E-state index in [4.69, 9.17) is 0 Å². The summed E-state index contributed by atoms with van der Waals surface area (Å²) in [7, 11) is 2.11. The lowest BCUT2D eigenvalue weighted by Crippen LogP contribution is -2.57. The Morgan fingerprint density at radius 3 is 2.60 bits per heavy atom. The van der Waals surface area contributed by atoms with Crippen molar-refractivity contribution in [3.8, 4) is 0 Å². The van der Waals surface area contributed by atoms with Crippen molar-refractivity contribution in [2.24, 2.45) is 23.2 Å². The zero-order chi connectivity index (χ0) is 15.2. The van der Waals surface area contributed by atoms with E-state index >= 15 is 0 Å². The van der Waals surface area contributed by atoms with Gasteiger partial charge in [-0.1, -0.05) is 58.1 Å². The smallest absolute Gasteiger partial charge is 0.0181 e. The molecule has 0 aromatic rings. The van der Waals surface area contributed by atoms with E-state index in [2.05, 4.69) is 70.9 Å². The molecule has 1 N–H and O–H groups in total. The predicted octanol–water partition coefficient (Wildman–Crippen LogP) is 4.97. The average molecular weight is 275 g/mol. The monoisotopic (exact) mass is 275 g/mol. The van der Waals surface area contributed by atoms with Crippen LogP contribution in [-0.4, -0.2) is 13.1 Å². The molecule has 0 radical (unpaired) electrons. The molecule has 0 aromatic carbocycles. The summed E-state index contributed by atoms with van der Waals surface area (Å²) in [6.45, 7) is 13.2. The summed E-state index contributed by atoms with van der Waals surface area (Å²) in [6.07, 6.45) is 14.7. The van der Waals surface area contributed by atoms with Crippen molar-refractivity contribution in [2.45, 2.75) is 53.0 Å². The second-order valence-corrected chi connectivity index (χ2v) is 6.58. The van der Waals surface area contributed by atoms with Crippen molar-refractivity contribution in [3.05, 3.63) is 37.0 Å². The lowest BCUT2D eigenvalue weighted by atomic mass is 9.50. The van der Waals surface area contributed by atoms with Gasteiger partial charge in [-0.05, 0) is 49.5 Å². The molecular formula is C19H33N. The van der Waals surface area contributed by atoms with Crippen LogP contribution in [-0.2, 0) is 0 Å². The zero-order valence-corrected chi connectivity index (χ0v) is 14.0. The normalized spacial score (nSPS) is 33.2. The first-order valence-electron chi connectivity index (χ1n) is 8.12. The molecule has 0 heterocycles. The predicted molar refractivity (Wildman–Crippen MR) is 90.8 cm³/mol. The van der Waals surface area contributed by atoms with Crippen LogP contribution in [0.25, 0.3) is 0 Å². The molecule has 1 fully saturated rings. The zero-order valence-electron chi connectivity index (χ0n) is 14.0. The topological polar surface area (TPSA) is 12.0 Å². The Morgan fingerprint density at radius 2 is 2.10 bits per heavy atom. The Bertz CT molecular complexity index is 355. The quantitative estimate of drug-likeness (QED) is 0.617. The van der Waals surface area contributed by atoms with Gasteiger partial charge in [0.2, 0.25) is 0 Å². The number of nitrogens with one attached hydrogen (secondary N) is 1. The highest BCUT2D eigenvalue weighted by Crippen LogP contribution is 2.55. The molecule has 0 bridgehead atoms. The third-order valence-electron chi connectivity index (χ3n) is 5.27. The maximum Gasteiger partial charge on any atom is 0.0181 e. The summed E-state index contributed by atoms with van der Waals surface area (Å²) < 4.78 is 0. The number of rotatable bonds is 8. The molecule has 1 nitrogen and oxygen atoms in total. The van der Waals surface area contributed by atoms with Crippen molar-refractivity contribution in [1.82, 2.24) is 5.32 Å². The summed E-state index contributed by atoms with van der Waals surface area (Å²) in [5, 5.41) is 3.58. The molecule has 1 rings (SSSR count). The number of hydrogen-bond acceptors (Lipinski definition) is 1. The standard InChI is InChI=1S/C19H33N/c1-7-9-11-13-17-14-19(5,16(17)4)18(20-6)15(3)12-10-8-2/h7,10-13,15-18,20H,1,8-9,14H2,2-6H3/b12-10+,13-11+/t15?,16?,17?,18-,19?/m0/s1. The molecule has 4 unspecified atom stereocenters. The molecule has 0 aromatic heterocycles. The molecule has 0 saturated heterocycles. The maximum atomic E-state index is 3.77. The molecule has 20 heavy (non-hydrogen) atoms. The van der Waals surface area contributed by atoms with Crippen LogP contribution in [0, 0.1) is 23.2 Å².